The van der Waals surface area contributed by atoms with Crippen LogP contribution in [-0.4, -0.2) is 106 Å². The largest absolute Gasteiger partial charge is 0.497 e. The van der Waals surface area contributed by atoms with Crippen LogP contribution < -0.4 is 19.7 Å². The predicted molar refractivity (Wildman–Crippen MR) is 177 cm³/mol. The van der Waals surface area contributed by atoms with Crippen LogP contribution >= 0.6 is 11.8 Å². The second kappa shape index (κ2) is 14.5. The first-order valence-corrected chi connectivity index (χ1v) is 17.1. The minimum absolute atomic E-state index is 0.0987. The van der Waals surface area contributed by atoms with Gasteiger partial charge in [-0.1, -0.05) is 12.1 Å². The zero-order chi connectivity index (χ0) is 32.0. The van der Waals surface area contributed by atoms with Crippen molar-refractivity contribution in [2.75, 3.05) is 77.8 Å². The highest BCUT2D eigenvalue weighted by Gasteiger charge is 2.25. The Morgan fingerprint density at radius 3 is 2.29 bits per heavy atom. The smallest absolute Gasteiger partial charge is 0.204 e. The van der Waals surface area contributed by atoms with Crippen LogP contribution in [0.5, 0.6) is 11.5 Å². The monoisotopic (exact) mass is 652 g/mol. The van der Waals surface area contributed by atoms with Crippen molar-refractivity contribution in [3.05, 3.63) is 65.9 Å². The van der Waals surface area contributed by atoms with Gasteiger partial charge in [-0.3, -0.25) is 10.00 Å². The SMILES string of the molecule is COc1ccc(CS(=O)(=O)c2ccc(Sc3nc(Nc4cc(C)[nH]n4)c(OC)c(N4CCN(CCN(C)C)CC4)n3)cc2)cc1. The normalized spacial score (nSPS) is 14.1. The molecular formula is C31H40N8O4S2. The Labute approximate surface area is 269 Å². The molecule has 1 aliphatic rings. The molecule has 240 valence electrons. The molecule has 4 aromatic rings. The molecule has 0 bridgehead atoms. The third-order valence-corrected chi connectivity index (χ3v) is 10.0. The van der Waals surface area contributed by atoms with Gasteiger partial charge >= 0.3 is 0 Å². The van der Waals surface area contributed by atoms with Crippen LogP contribution in [-0.2, 0) is 15.6 Å². The van der Waals surface area contributed by atoms with Gasteiger partial charge in [0, 0.05) is 55.9 Å². The minimum atomic E-state index is -3.54. The summed E-state index contributed by atoms with van der Waals surface area (Å²) in [7, 11) is 3.84. The Hall–Kier alpha value is -3.85. The van der Waals surface area contributed by atoms with Gasteiger partial charge in [-0.2, -0.15) is 5.10 Å². The average Bonchev–Trinajstić information content (AvgIpc) is 3.44. The molecule has 0 radical (unpaired) electrons. The van der Waals surface area contributed by atoms with E-state index in [9.17, 15) is 8.42 Å². The number of nitrogens with one attached hydrogen (secondary N) is 2. The Kier molecular flexibility index (Phi) is 10.5. The standard InChI is InChI=1S/C31H40N8O4S2/c1-22-20-27(36-35-22)32-29-28(43-5)30(39-18-16-38(17-19-39)15-14-37(2)3)34-31(33-29)44-25-10-12-26(13-11-25)45(40,41)21-23-6-8-24(42-4)9-7-23/h6-13,20H,14-19,21H2,1-5H3,(H2,32,33,34,35,36). The van der Waals surface area contributed by atoms with Crippen LogP contribution in [0.25, 0.3) is 0 Å². The first-order valence-electron chi connectivity index (χ1n) is 14.6. The molecule has 0 spiro atoms. The summed E-state index contributed by atoms with van der Waals surface area (Å²) in [6, 6.07) is 15.8. The second-order valence-electron chi connectivity index (χ2n) is 11.1. The lowest BCUT2D eigenvalue weighted by atomic mass is 10.2. The highest BCUT2D eigenvalue weighted by Crippen LogP contribution is 2.38. The molecule has 1 fully saturated rings. The molecule has 5 rings (SSSR count). The number of ether oxygens (including phenoxy) is 2. The van der Waals surface area contributed by atoms with Crippen molar-refractivity contribution in [2.45, 2.75) is 27.6 Å². The van der Waals surface area contributed by atoms with E-state index in [1.807, 2.05) is 13.0 Å². The maximum absolute atomic E-state index is 13.1. The number of aryl methyl sites for hydroxylation is 1. The van der Waals surface area contributed by atoms with Crippen molar-refractivity contribution in [2.24, 2.45) is 0 Å². The highest BCUT2D eigenvalue weighted by molar-refractivity contribution is 7.99. The maximum Gasteiger partial charge on any atom is 0.204 e. The van der Waals surface area contributed by atoms with Gasteiger partial charge in [-0.25, -0.2) is 18.4 Å². The minimum Gasteiger partial charge on any atom is -0.497 e. The number of anilines is 3. The fourth-order valence-electron chi connectivity index (χ4n) is 4.92. The first kappa shape index (κ1) is 32.5. The third-order valence-electron chi connectivity index (χ3n) is 7.43. The molecule has 2 N–H and O–H groups in total. The summed E-state index contributed by atoms with van der Waals surface area (Å²) < 4.78 is 37.3. The lowest BCUT2D eigenvalue weighted by Crippen LogP contribution is -2.48. The van der Waals surface area contributed by atoms with Crippen molar-refractivity contribution in [1.82, 2.24) is 30.0 Å². The van der Waals surface area contributed by atoms with Gasteiger partial charge in [0.15, 0.2) is 32.4 Å². The van der Waals surface area contributed by atoms with Crippen LogP contribution in [0.2, 0.25) is 0 Å². The van der Waals surface area contributed by atoms with Gasteiger partial charge in [-0.05, 0) is 74.7 Å². The maximum atomic E-state index is 13.1. The molecule has 3 heterocycles. The van der Waals surface area contributed by atoms with Gasteiger partial charge < -0.3 is 24.6 Å². The molecule has 1 saturated heterocycles. The highest BCUT2D eigenvalue weighted by atomic mass is 32.2. The molecule has 12 nitrogen and oxygen atoms in total. The zero-order valence-electron chi connectivity index (χ0n) is 26.3. The topological polar surface area (TPSA) is 129 Å². The van der Waals surface area contributed by atoms with Crippen molar-refractivity contribution in [3.63, 3.8) is 0 Å². The molecule has 0 saturated carbocycles. The lowest BCUT2D eigenvalue weighted by Gasteiger charge is -2.36. The molecule has 0 aliphatic carbocycles. The van der Waals surface area contributed by atoms with Crippen LogP contribution in [0.15, 0.2) is 69.5 Å². The summed E-state index contributed by atoms with van der Waals surface area (Å²) in [5.41, 5.74) is 1.61. The van der Waals surface area contributed by atoms with Crippen molar-refractivity contribution in [3.8, 4) is 11.5 Å². The molecule has 1 aliphatic heterocycles. The molecule has 2 aromatic carbocycles. The van der Waals surface area contributed by atoms with Gasteiger partial charge in [0.05, 0.1) is 24.9 Å². The molecule has 14 heteroatoms. The number of likely N-dealkylation sites (N-methyl/N-ethyl adjacent to an activating group) is 1. The number of benzene rings is 2. The van der Waals surface area contributed by atoms with Crippen molar-refractivity contribution >= 4 is 39.1 Å². The average molecular weight is 653 g/mol. The number of aromatic amines is 1. The fourth-order valence-corrected chi connectivity index (χ4v) is 7.03. The van der Waals surface area contributed by atoms with Gasteiger partial charge in [0.25, 0.3) is 0 Å². The molecule has 0 amide bonds. The predicted octanol–water partition coefficient (Wildman–Crippen LogP) is 4.08. The van der Waals surface area contributed by atoms with Crippen LogP contribution in [0, 0.1) is 6.92 Å². The van der Waals surface area contributed by atoms with Gasteiger partial charge in [0.2, 0.25) is 5.75 Å². The Bertz CT molecular complexity index is 1670. The van der Waals surface area contributed by atoms with Crippen LogP contribution in [0.1, 0.15) is 11.3 Å². The summed E-state index contributed by atoms with van der Waals surface area (Å²) in [6.07, 6.45) is 0. The van der Waals surface area contributed by atoms with E-state index in [0.29, 0.717) is 39.7 Å². The molecular weight excluding hydrogens is 613 g/mol. The summed E-state index contributed by atoms with van der Waals surface area (Å²) >= 11 is 1.36. The van der Waals surface area contributed by atoms with E-state index >= 15 is 0 Å². The van der Waals surface area contributed by atoms with E-state index in [-0.39, 0.29) is 10.6 Å². The number of aromatic nitrogens is 4. The summed E-state index contributed by atoms with van der Waals surface area (Å²) in [6.45, 7) is 7.38. The van der Waals surface area contributed by atoms with Crippen LogP contribution in [0.4, 0.5) is 17.5 Å². The van der Waals surface area contributed by atoms with Crippen LogP contribution in [0.3, 0.4) is 0 Å². The quantitative estimate of drug-likeness (QED) is 0.202. The number of sulfone groups is 1. The molecule has 2 aromatic heterocycles. The van der Waals surface area contributed by atoms with E-state index in [2.05, 4.69) is 44.3 Å². The number of H-pyrrole nitrogens is 1. The van der Waals surface area contributed by atoms with Crippen molar-refractivity contribution < 1.29 is 17.9 Å². The molecule has 45 heavy (non-hydrogen) atoms. The Morgan fingerprint density at radius 2 is 1.69 bits per heavy atom. The molecule has 0 unspecified atom stereocenters. The van der Waals surface area contributed by atoms with Crippen molar-refractivity contribution in [1.29, 1.82) is 0 Å². The van der Waals surface area contributed by atoms with E-state index < -0.39 is 9.84 Å². The van der Waals surface area contributed by atoms with E-state index in [1.165, 1.54) is 11.8 Å². The van der Waals surface area contributed by atoms with E-state index in [4.69, 9.17) is 19.4 Å². The van der Waals surface area contributed by atoms with Gasteiger partial charge in [-0.15, -0.1) is 0 Å². The number of nitrogens with zero attached hydrogens (tertiary/aromatic N) is 6. The zero-order valence-corrected chi connectivity index (χ0v) is 27.9. The summed E-state index contributed by atoms with van der Waals surface area (Å²) in [5, 5.41) is 11.1. The summed E-state index contributed by atoms with van der Waals surface area (Å²) in [4.78, 5) is 17.7. The van der Waals surface area contributed by atoms with E-state index in [0.717, 1.165) is 49.9 Å². The number of methoxy groups -OCH3 is 2. The van der Waals surface area contributed by atoms with Gasteiger partial charge in [0.1, 0.15) is 5.75 Å². The number of hydrogen-bond acceptors (Lipinski definition) is 12. The summed E-state index contributed by atoms with van der Waals surface area (Å²) in [5.74, 6) is 2.95. The number of hydrogen-bond donors (Lipinski definition) is 2. The second-order valence-corrected chi connectivity index (χ2v) is 14.1. The molecule has 0 atom stereocenters. The Morgan fingerprint density at radius 1 is 0.978 bits per heavy atom. The Balaban J connectivity index is 1.37. The first-order chi connectivity index (χ1) is 21.6. The third kappa shape index (κ3) is 8.45. The fraction of sp³-hybridized carbons (Fsp3) is 0.387. The number of rotatable bonds is 13. The lowest BCUT2D eigenvalue weighted by molar-refractivity contribution is 0.228. The van der Waals surface area contributed by atoms with E-state index in [1.54, 1.807) is 62.8 Å². The number of piperazine rings is 1.